The van der Waals surface area contributed by atoms with Crippen LogP contribution in [0.1, 0.15) is 55.5 Å². The number of alkyl halides is 1. The lowest BCUT2D eigenvalue weighted by Crippen LogP contribution is -2.04. The molecule has 0 spiro atoms. The standard InChI is InChI=1S/C15H21ClO2/c1-4-9-18-15-6-5-12(14(17)7-8-16)10-13(15)11(2)3/h5-6,10-11H,4,7-9H2,1-3H3. The van der Waals surface area contributed by atoms with Crippen LogP contribution in [-0.4, -0.2) is 18.3 Å². The maximum atomic E-state index is 11.8. The molecule has 0 saturated heterocycles. The third-order valence-electron chi connectivity index (χ3n) is 2.74. The maximum absolute atomic E-state index is 11.8. The van der Waals surface area contributed by atoms with Crippen LogP contribution in [-0.2, 0) is 0 Å². The molecule has 0 atom stereocenters. The summed E-state index contributed by atoms with van der Waals surface area (Å²) in [5.41, 5.74) is 1.81. The van der Waals surface area contributed by atoms with Crippen LogP contribution in [0.25, 0.3) is 0 Å². The van der Waals surface area contributed by atoms with Crippen molar-refractivity contribution in [2.24, 2.45) is 0 Å². The molecule has 0 N–H and O–H groups in total. The lowest BCUT2D eigenvalue weighted by molar-refractivity contribution is 0.0989. The van der Waals surface area contributed by atoms with Crippen molar-refractivity contribution < 1.29 is 9.53 Å². The third kappa shape index (κ3) is 4.02. The molecule has 0 amide bonds. The molecular formula is C15H21ClO2. The summed E-state index contributed by atoms with van der Waals surface area (Å²) in [4.78, 5) is 11.8. The second-order valence-corrected chi connectivity index (χ2v) is 5.00. The second-order valence-electron chi connectivity index (χ2n) is 4.62. The van der Waals surface area contributed by atoms with Crippen molar-refractivity contribution in [3.63, 3.8) is 0 Å². The van der Waals surface area contributed by atoms with Gasteiger partial charge in [-0.05, 0) is 36.1 Å². The number of hydrogen-bond acceptors (Lipinski definition) is 2. The highest BCUT2D eigenvalue weighted by Gasteiger charge is 2.12. The topological polar surface area (TPSA) is 26.3 Å². The Morgan fingerprint density at radius 2 is 2.11 bits per heavy atom. The molecule has 1 aromatic rings. The molecule has 100 valence electrons. The van der Waals surface area contributed by atoms with Crippen molar-refractivity contribution in [1.29, 1.82) is 0 Å². The Morgan fingerprint density at radius 1 is 1.39 bits per heavy atom. The number of ketones is 1. The Labute approximate surface area is 114 Å². The highest BCUT2D eigenvalue weighted by molar-refractivity contribution is 6.19. The van der Waals surface area contributed by atoms with Gasteiger partial charge in [0.2, 0.25) is 0 Å². The molecule has 0 fully saturated rings. The van der Waals surface area contributed by atoms with Gasteiger partial charge in [0, 0.05) is 17.9 Å². The van der Waals surface area contributed by atoms with Crippen molar-refractivity contribution >= 4 is 17.4 Å². The Hall–Kier alpha value is -1.02. The summed E-state index contributed by atoms with van der Waals surface area (Å²) in [7, 11) is 0. The fraction of sp³-hybridized carbons (Fsp3) is 0.533. The first-order chi connectivity index (χ1) is 8.60. The summed E-state index contributed by atoms with van der Waals surface area (Å²) < 4.78 is 5.70. The predicted octanol–water partition coefficient (Wildman–Crippen LogP) is 4.41. The van der Waals surface area contributed by atoms with E-state index in [4.69, 9.17) is 16.3 Å². The third-order valence-corrected chi connectivity index (χ3v) is 2.93. The van der Waals surface area contributed by atoms with E-state index in [1.165, 1.54) is 0 Å². The van der Waals surface area contributed by atoms with Gasteiger partial charge in [0.05, 0.1) is 6.61 Å². The van der Waals surface area contributed by atoms with E-state index in [9.17, 15) is 4.79 Å². The molecule has 0 aliphatic rings. The van der Waals surface area contributed by atoms with Gasteiger partial charge in [0.25, 0.3) is 0 Å². The van der Waals surface area contributed by atoms with Crippen LogP contribution < -0.4 is 4.74 Å². The Balaban J connectivity index is 2.99. The lowest BCUT2D eigenvalue weighted by Gasteiger charge is -2.15. The van der Waals surface area contributed by atoms with Crippen LogP contribution in [0.4, 0.5) is 0 Å². The van der Waals surface area contributed by atoms with E-state index in [-0.39, 0.29) is 5.78 Å². The first-order valence-electron chi connectivity index (χ1n) is 6.46. The molecule has 3 heteroatoms. The van der Waals surface area contributed by atoms with E-state index in [0.717, 1.165) is 23.3 Å². The SMILES string of the molecule is CCCOc1ccc(C(=O)CCCl)cc1C(C)C. The summed E-state index contributed by atoms with van der Waals surface area (Å²) >= 11 is 5.60. The largest absolute Gasteiger partial charge is 0.493 e. The first-order valence-corrected chi connectivity index (χ1v) is 6.99. The molecule has 0 aliphatic heterocycles. The van der Waals surface area contributed by atoms with Crippen molar-refractivity contribution in [1.82, 2.24) is 0 Å². The molecular weight excluding hydrogens is 248 g/mol. The smallest absolute Gasteiger partial charge is 0.164 e. The fourth-order valence-corrected chi connectivity index (χ4v) is 1.92. The zero-order valence-electron chi connectivity index (χ0n) is 11.3. The quantitative estimate of drug-likeness (QED) is 0.541. The predicted molar refractivity (Wildman–Crippen MR) is 76.0 cm³/mol. The number of halogens is 1. The Bertz CT molecular complexity index is 399. The van der Waals surface area contributed by atoms with Crippen molar-refractivity contribution in [3.8, 4) is 5.75 Å². The van der Waals surface area contributed by atoms with Gasteiger partial charge >= 0.3 is 0 Å². The minimum atomic E-state index is 0.0916. The number of rotatable bonds is 7. The Morgan fingerprint density at radius 3 is 2.67 bits per heavy atom. The zero-order valence-corrected chi connectivity index (χ0v) is 12.1. The minimum Gasteiger partial charge on any atom is -0.493 e. The van der Waals surface area contributed by atoms with Crippen molar-refractivity contribution in [3.05, 3.63) is 29.3 Å². The van der Waals surface area contributed by atoms with Crippen LogP contribution in [0.15, 0.2) is 18.2 Å². The maximum Gasteiger partial charge on any atom is 0.164 e. The van der Waals surface area contributed by atoms with Gasteiger partial charge < -0.3 is 4.74 Å². The van der Waals surface area contributed by atoms with Gasteiger partial charge in [0.15, 0.2) is 5.78 Å². The van der Waals surface area contributed by atoms with Gasteiger partial charge in [-0.25, -0.2) is 0 Å². The number of carbonyl (C=O) groups is 1. The molecule has 2 nitrogen and oxygen atoms in total. The van der Waals surface area contributed by atoms with Gasteiger partial charge in [0.1, 0.15) is 5.75 Å². The number of Topliss-reactive ketones (excluding diaryl/α,β-unsaturated/α-hetero) is 1. The molecule has 0 aromatic heterocycles. The van der Waals surface area contributed by atoms with E-state index in [1.54, 1.807) is 0 Å². The highest BCUT2D eigenvalue weighted by atomic mass is 35.5. The van der Waals surface area contributed by atoms with E-state index in [1.807, 2.05) is 18.2 Å². The van der Waals surface area contributed by atoms with Crippen LogP contribution in [0.3, 0.4) is 0 Å². The summed E-state index contributed by atoms with van der Waals surface area (Å²) in [6, 6.07) is 5.66. The van der Waals surface area contributed by atoms with Crippen molar-refractivity contribution in [2.75, 3.05) is 12.5 Å². The van der Waals surface area contributed by atoms with Crippen molar-refractivity contribution in [2.45, 2.75) is 39.5 Å². The number of ether oxygens (including phenoxy) is 1. The molecule has 0 unspecified atom stereocenters. The van der Waals surface area contributed by atoms with E-state index in [2.05, 4.69) is 20.8 Å². The summed E-state index contributed by atoms with van der Waals surface area (Å²) in [5, 5.41) is 0. The van der Waals surface area contributed by atoms with Crippen LogP contribution in [0.2, 0.25) is 0 Å². The summed E-state index contributed by atoms with van der Waals surface area (Å²) in [6.45, 7) is 6.98. The number of benzene rings is 1. The van der Waals surface area contributed by atoms with Gasteiger partial charge in [-0.15, -0.1) is 11.6 Å². The number of carbonyl (C=O) groups excluding carboxylic acids is 1. The van der Waals surface area contributed by atoms with Crippen LogP contribution in [0.5, 0.6) is 5.75 Å². The normalized spacial score (nSPS) is 10.7. The van der Waals surface area contributed by atoms with Gasteiger partial charge in [-0.1, -0.05) is 20.8 Å². The molecule has 0 radical (unpaired) electrons. The fourth-order valence-electron chi connectivity index (χ4n) is 1.75. The highest BCUT2D eigenvalue weighted by Crippen LogP contribution is 2.28. The molecule has 0 heterocycles. The van der Waals surface area contributed by atoms with E-state index >= 15 is 0 Å². The molecule has 0 saturated carbocycles. The van der Waals surface area contributed by atoms with E-state index < -0.39 is 0 Å². The molecule has 1 rings (SSSR count). The van der Waals surface area contributed by atoms with Gasteiger partial charge in [-0.2, -0.15) is 0 Å². The number of hydrogen-bond donors (Lipinski definition) is 0. The zero-order chi connectivity index (χ0) is 13.5. The van der Waals surface area contributed by atoms with Gasteiger partial charge in [-0.3, -0.25) is 4.79 Å². The molecule has 1 aromatic carbocycles. The average Bonchev–Trinajstić information content (AvgIpc) is 2.36. The monoisotopic (exact) mass is 268 g/mol. The van der Waals surface area contributed by atoms with E-state index in [0.29, 0.717) is 24.8 Å². The Kier molecular flexibility index (Phi) is 6.20. The average molecular weight is 269 g/mol. The summed E-state index contributed by atoms with van der Waals surface area (Å²) in [5.74, 6) is 1.67. The molecule has 0 bridgehead atoms. The lowest BCUT2D eigenvalue weighted by atomic mass is 9.97. The van der Waals surface area contributed by atoms with Crippen LogP contribution in [0, 0.1) is 0 Å². The minimum absolute atomic E-state index is 0.0916. The molecule has 18 heavy (non-hydrogen) atoms. The van der Waals surface area contributed by atoms with Crippen LogP contribution >= 0.6 is 11.6 Å². The molecule has 0 aliphatic carbocycles. The second kappa shape index (κ2) is 7.42. The first kappa shape index (κ1) is 15.0. The summed E-state index contributed by atoms with van der Waals surface area (Å²) in [6.07, 6.45) is 1.36.